The molecular weight excluding hydrogens is 200 g/mol. The summed E-state index contributed by atoms with van der Waals surface area (Å²) in [6.45, 7) is 4.62. The number of aromatic amines is 1. The van der Waals surface area contributed by atoms with Crippen molar-refractivity contribution in [2.75, 3.05) is 6.61 Å². The second-order valence-electron chi connectivity index (χ2n) is 5.44. The Bertz CT molecular complexity index is 544. The Morgan fingerprint density at radius 3 is 2.81 bits per heavy atom. The summed E-state index contributed by atoms with van der Waals surface area (Å²) >= 11 is 0. The number of fused-ring (bicyclic) bond motifs is 1. The molecule has 0 radical (unpaired) electrons. The molecular formula is C13H16N2O. The van der Waals surface area contributed by atoms with Crippen LogP contribution in [-0.4, -0.2) is 21.9 Å². The van der Waals surface area contributed by atoms with Crippen molar-refractivity contribution in [1.29, 1.82) is 0 Å². The Morgan fingerprint density at radius 1 is 1.44 bits per heavy atom. The van der Waals surface area contributed by atoms with Crippen LogP contribution in [0.3, 0.4) is 0 Å². The molecule has 1 fully saturated rings. The summed E-state index contributed by atoms with van der Waals surface area (Å²) in [5, 5.41) is 18.0. The van der Waals surface area contributed by atoms with Gasteiger partial charge < -0.3 is 5.11 Å². The topological polar surface area (TPSA) is 48.9 Å². The number of nitrogens with zero attached hydrogens (tertiary/aromatic N) is 1. The zero-order valence-electron chi connectivity index (χ0n) is 9.62. The Balaban J connectivity index is 2.23. The SMILES string of the molecule is CC1(C)CC1(CO)c1cccc2cn[nH]c12. The van der Waals surface area contributed by atoms with Gasteiger partial charge in [0.25, 0.3) is 0 Å². The second-order valence-corrected chi connectivity index (χ2v) is 5.44. The maximum atomic E-state index is 9.71. The molecule has 1 aromatic carbocycles. The molecule has 16 heavy (non-hydrogen) atoms. The molecule has 0 amide bonds. The minimum atomic E-state index is -0.0843. The van der Waals surface area contributed by atoms with Gasteiger partial charge in [-0.25, -0.2) is 0 Å². The Morgan fingerprint density at radius 2 is 2.19 bits per heavy atom. The molecule has 0 aliphatic heterocycles. The van der Waals surface area contributed by atoms with Crippen LogP contribution in [0, 0.1) is 5.41 Å². The highest BCUT2D eigenvalue weighted by molar-refractivity contribution is 5.83. The quantitative estimate of drug-likeness (QED) is 0.808. The Labute approximate surface area is 94.5 Å². The zero-order valence-corrected chi connectivity index (χ0v) is 9.62. The van der Waals surface area contributed by atoms with Gasteiger partial charge >= 0.3 is 0 Å². The lowest BCUT2D eigenvalue weighted by Crippen LogP contribution is -2.19. The number of H-pyrrole nitrogens is 1. The van der Waals surface area contributed by atoms with E-state index in [2.05, 4.69) is 30.1 Å². The Hall–Kier alpha value is -1.35. The van der Waals surface area contributed by atoms with Crippen LogP contribution in [0.5, 0.6) is 0 Å². The van der Waals surface area contributed by atoms with E-state index in [9.17, 15) is 5.11 Å². The molecule has 1 aromatic heterocycles. The standard InChI is InChI=1S/C13H16N2O/c1-12(2)7-13(12,8-16)10-5-3-4-9-6-14-15-11(9)10/h3-6,16H,7-8H2,1-2H3,(H,14,15). The van der Waals surface area contributed by atoms with Crippen molar-refractivity contribution in [3.8, 4) is 0 Å². The van der Waals surface area contributed by atoms with Crippen molar-refractivity contribution in [2.24, 2.45) is 5.41 Å². The van der Waals surface area contributed by atoms with Crippen LogP contribution in [0.2, 0.25) is 0 Å². The average Bonchev–Trinajstić information content (AvgIpc) is 2.65. The summed E-state index contributed by atoms with van der Waals surface area (Å²) in [5.74, 6) is 0. The first-order valence-electron chi connectivity index (χ1n) is 5.64. The highest BCUT2D eigenvalue weighted by atomic mass is 16.3. The smallest absolute Gasteiger partial charge is 0.0689 e. The third-order valence-corrected chi connectivity index (χ3v) is 4.18. The number of para-hydroxylation sites is 1. The monoisotopic (exact) mass is 216 g/mol. The van der Waals surface area contributed by atoms with Gasteiger partial charge in [-0.1, -0.05) is 32.0 Å². The van der Waals surface area contributed by atoms with Gasteiger partial charge in [0.2, 0.25) is 0 Å². The molecule has 1 saturated carbocycles. The first kappa shape index (κ1) is 9.85. The molecule has 3 nitrogen and oxygen atoms in total. The van der Waals surface area contributed by atoms with Gasteiger partial charge in [0.15, 0.2) is 0 Å². The number of aliphatic hydroxyl groups is 1. The van der Waals surface area contributed by atoms with Gasteiger partial charge in [0, 0.05) is 10.8 Å². The maximum absolute atomic E-state index is 9.71. The lowest BCUT2D eigenvalue weighted by Gasteiger charge is -2.18. The summed E-state index contributed by atoms with van der Waals surface area (Å²) < 4.78 is 0. The summed E-state index contributed by atoms with van der Waals surface area (Å²) in [6.07, 6.45) is 2.87. The third kappa shape index (κ3) is 1.04. The third-order valence-electron chi connectivity index (χ3n) is 4.18. The molecule has 1 unspecified atom stereocenters. The maximum Gasteiger partial charge on any atom is 0.0689 e. The highest BCUT2D eigenvalue weighted by Gasteiger charge is 2.62. The molecule has 84 valence electrons. The number of rotatable bonds is 2. The number of hydrogen-bond donors (Lipinski definition) is 2. The van der Waals surface area contributed by atoms with Crippen molar-refractivity contribution in [2.45, 2.75) is 25.7 Å². The average molecular weight is 216 g/mol. The normalized spacial score (nSPS) is 27.2. The number of aromatic nitrogens is 2. The number of aliphatic hydroxyl groups excluding tert-OH is 1. The van der Waals surface area contributed by atoms with Crippen molar-refractivity contribution in [3.05, 3.63) is 30.0 Å². The van der Waals surface area contributed by atoms with Crippen molar-refractivity contribution in [3.63, 3.8) is 0 Å². The van der Waals surface area contributed by atoms with E-state index in [0.29, 0.717) is 0 Å². The fraction of sp³-hybridized carbons (Fsp3) is 0.462. The zero-order chi connectivity index (χ0) is 11.4. The van der Waals surface area contributed by atoms with Gasteiger partial charge in [0.05, 0.1) is 18.3 Å². The van der Waals surface area contributed by atoms with Crippen LogP contribution in [0.25, 0.3) is 10.9 Å². The summed E-state index contributed by atoms with van der Waals surface area (Å²) in [4.78, 5) is 0. The van der Waals surface area contributed by atoms with Crippen LogP contribution < -0.4 is 0 Å². The van der Waals surface area contributed by atoms with Gasteiger partial charge in [-0.2, -0.15) is 5.10 Å². The molecule has 1 aliphatic carbocycles. The summed E-state index contributed by atoms with van der Waals surface area (Å²) in [7, 11) is 0. The van der Waals surface area contributed by atoms with Crippen molar-refractivity contribution >= 4 is 10.9 Å². The molecule has 1 atom stereocenters. The van der Waals surface area contributed by atoms with E-state index in [1.54, 1.807) is 0 Å². The lowest BCUT2D eigenvalue weighted by molar-refractivity contribution is 0.232. The van der Waals surface area contributed by atoms with Gasteiger partial charge in [-0.05, 0) is 17.4 Å². The van der Waals surface area contributed by atoms with Gasteiger partial charge in [-0.3, -0.25) is 5.10 Å². The van der Waals surface area contributed by atoms with E-state index in [4.69, 9.17) is 0 Å². The molecule has 1 heterocycles. The molecule has 1 aliphatic rings. The van der Waals surface area contributed by atoms with E-state index in [0.717, 1.165) is 17.3 Å². The molecule has 0 bridgehead atoms. The summed E-state index contributed by atoms with van der Waals surface area (Å²) in [6, 6.07) is 6.19. The predicted molar refractivity (Wildman–Crippen MR) is 63.3 cm³/mol. The Kier molecular flexibility index (Phi) is 1.76. The van der Waals surface area contributed by atoms with Gasteiger partial charge in [-0.15, -0.1) is 0 Å². The van der Waals surface area contributed by atoms with Crippen LogP contribution >= 0.6 is 0 Å². The molecule has 0 saturated heterocycles. The van der Waals surface area contributed by atoms with Crippen molar-refractivity contribution < 1.29 is 5.11 Å². The van der Waals surface area contributed by atoms with Gasteiger partial charge in [0.1, 0.15) is 0 Å². The lowest BCUT2D eigenvalue weighted by atomic mass is 9.87. The fourth-order valence-electron chi connectivity index (χ4n) is 2.89. The van der Waals surface area contributed by atoms with Crippen molar-refractivity contribution in [1.82, 2.24) is 10.2 Å². The van der Waals surface area contributed by atoms with Crippen LogP contribution in [0.4, 0.5) is 0 Å². The minimum absolute atomic E-state index is 0.0843. The largest absolute Gasteiger partial charge is 0.395 e. The summed E-state index contributed by atoms with van der Waals surface area (Å²) in [5.41, 5.74) is 2.37. The van der Waals surface area contributed by atoms with E-state index >= 15 is 0 Å². The minimum Gasteiger partial charge on any atom is -0.395 e. The molecule has 3 heteroatoms. The van der Waals surface area contributed by atoms with E-state index in [1.165, 1.54) is 5.56 Å². The van der Waals surface area contributed by atoms with Crippen LogP contribution in [-0.2, 0) is 5.41 Å². The number of nitrogens with one attached hydrogen (secondary N) is 1. The number of hydrogen-bond acceptors (Lipinski definition) is 2. The predicted octanol–water partition coefficient (Wildman–Crippen LogP) is 2.22. The van der Waals surface area contributed by atoms with Crippen LogP contribution in [0.1, 0.15) is 25.8 Å². The molecule has 2 aromatic rings. The first-order chi connectivity index (χ1) is 7.61. The van der Waals surface area contributed by atoms with Crippen LogP contribution in [0.15, 0.2) is 24.4 Å². The second kappa shape index (κ2) is 2.86. The first-order valence-corrected chi connectivity index (χ1v) is 5.64. The molecule has 2 N–H and O–H groups in total. The van der Waals surface area contributed by atoms with E-state index < -0.39 is 0 Å². The van der Waals surface area contributed by atoms with E-state index in [-0.39, 0.29) is 17.4 Å². The molecule has 0 spiro atoms. The highest BCUT2D eigenvalue weighted by Crippen LogP contribution is 2.64. The van der Waals surface area contributed by atoms with E-state index in [1.807, 2.05) is 18.3 Å². The fourth-order valence-corrected chi connectivity index (χ4v) is 2.89. The number of benzene rings is 1. The molecule has 3 rings (SSSR count).